The maximum absolute atomic E-state index is 12.2. The molecule has 1 aromatic carbocycles. The molecule has 0 fully saturated rings. The number of para-hydroxylation sites is 2. The average Bonchev–Trinajstić information content (AvgIpc) is 2.44. The van der Waals surface area contributed by atoms with Crippen molar-refractivity contribution in [2.24, 2.45) is 0 Å². The number of ether oxygens (including phenoxy) is 2. The number of fused-ring (bicyclic) bond motifs is 1. The molecule has 2 atom stereocenters. The molecule has 4 nitrogen and oxygen atoms in total. The fourth-order valence-corrected chi connectivity index (χ4v) is 1.86. The highest BCUT2D eigenvalue weighted by atomic mass is 16.6. The summed E-state index contributed by atoms with van der Waals surface area (Å²) in [4.78, 5) is 14.0. The molecular formula is C14H19NO3. The van der Waals surface area contributed by atoms with Crippen molar-refractivity contribution in [1.82, 2.24) is 4.90 Å². The Labute approximate surface area is 107 Å². The summed E-state index contributed by atoms with van der Waals surface area (Å²) in [5.74, 6) is 1.31. The van der Waals surface area contributed by atoms with Crippen molar-refractivity contribution in [3.8, 4) is 11.5 Å². The van der Waals surface area contributed by atoms with Crippen LogP contribution < -0.4 is 9.47 Å². The normalized spacial score (nSPS) is 19.2. The Morgan fingerprint density at radius 2 is 2.11 bits per heavy atom. The molecule has 2 rings (SSSR count). The summed E-state index contributed by atoms with van der Waals surface area (Å²) in [5, 5.41) is 0. The molecule has 0 bridgehead atoms. The molecule has 0 saturated heterocycles. The van der Waals surface area contributed by atoms with Crippen LogP contribution in [0.25, 0.3) is 0 Å². The Kier molecular flexibility index (Phi) is 3.75. The lowest BCUT2D eigenvalue weighted by molar-refractivity contribution is -0.141. The first kappa shape index (κ1) is 12.7. The number of hydrogen-bond acceptors (Lipinski definition) is 3. The van der Waals surface area contributed by atoms with Crippen LogP contribution in [0.15, 0.2) is 24.3 Å². The van der Waals surface area contributed by atoms with E-state index in [1.807, 2.05) is 31.2 Å². The highest BCUT2D eigenvalue weighted by Gasteiger charge is 2.30. The van der Waals surface area contributed by atoms with Crippen molar-refractivity contribution in [2.75, 3.05) is 13.7 Å². The van der Waals surface area contributed by atoms with Gasteiger partial charge in [-0.1, -0.05) is 19.1 Å². The van der Waals surface area contributed by atoms with E-state index in [9.17, 15) is 4.79 Å². The van der Waals surface area contributed by atoms with E-state index in [0.29, 0.717) is 11.5 Å². The SMILES string of the molecule is CCC(C)N(C)C(=O)C1COc2ccccc2O1. The Morgan fingerprint density at radius 1 is 1.44 bits per heavy atom. The van der Waals surface area contributed by atoms with Crippen LogP contribution in [0.5, 0.6) is 11.5 Å². The molecule has 1 aliphatic heterocycles. The van der Waals surface area contributed by atoms with Crippen LogP contribution in [0.1, 0.15) is 20.3 Å². The number of nitrogens with zero attached hydrogens (tertiary/aromatic N) is 1. The molecule has 0 radical (unpaired) electrons. The number of benzene rings is 1. The molecular weight excluding hydrogens is 230 g/mol. The minimum absolute atomic E-state index is 0.0288. The summed E-state index contributed by atoms with van der Waals surface area (Å²) >= 11 is 0. The van der Waals surface area contributed by atoms with Crippen LogP contribution in [0, 0.1) is 0 Å². The smallest absolute Gasteiger partial charge is 0.267 e. The van der Waals surface area contributed by atoms with Gasteiger partial charge >= 0.3 is 0 Å². The van der Waals surface area contributed by atoms with Gasteiger partial charge in [0.25, 0.3) is 5.91 Å². The predicted molar refractivity (Wildman–Crippen MR) is 68.9 cm³/mol. The third kappa shape index (κ3) is 2.42. The van der Waals surface area contributed by atoms with Gasteiger partial charge in [-0.15, -0.1) is 0 Å². The molecule has 0 aromatic heterocycles. The summed E-state index contributed by atoms with van der Waals surface area (Å²) in [5.41, 5.74) is 0. The molecule has 1 amide bonds. The summed E-state index contributed by atoms with van der Waals surface area (Å²) in [6, 6.07) is 7.62. The predicted octanol–water partition coefficient (Wildman–Crippen LogP) is 2.08. The fourth-order valence-electron chi connectivity index (χ4n) is 1.86. The van der Waals surface area contributed by atoms with Gasteiger partial charge < -0.3 is 14.4 Å². The summed E-state index contributed by atoms with van der Waals surface area (Å²) < 4.78 is 11.2. The first-order valence-corrected chi connectivity index (χ1v) is 6.28. The zero-order valence-electron chi connectivity index (χ0n) is 11.1. The van der Waals surface area contributed by atoms with Gasteiger partial charge in [-0.2, -0.15) is 0 Å². The summed E-state index contributed by atoms with van der Waals surface area (Å²) in [6.45, 7) is 4.36. The minimum atomic E-state index is -0.543. The van der Waals surface area contributed by atoms with Gasteiger partial charge in [-0.05, 0) is 25.5 Å². The van der Waals surface area contributed by atoms with Crippen LogP contribution in [-0.2, 0) is 4.79 Å². The number of carbonyl (C=O) groups is 1. The van der Waals surface area contributed by atoms with Crippen molar-refractivity contribution >= 4 is 5.91 Å². The monoisotopic (exact) mass is 249 g/mol. The maximum Gasteiger partial charge on any atom is 0.267 e. The van der Waals surface area contributed by atoms with Gasteiger partial charge in [0.2, 0.25) is 6.10 Å². The van der Waals surface area contributed by atoms with Crippen molar-refractivity contribution in [2.45, 2.75) is 32.4 Å². The highest BCUT2D eigenvalue weighted by molar-refractivity contribution is 5.82. The zero-order chi connectivity index (χ0) is 13.1. The van der Waals surface area contributed by atoms with Crippen LogP contribution in [-0.4, -0.2) is 36.6 Å². The number of rotatable bonds is 3. The molecule has 1 aliphatic rings. The second kappa shape index (κ2) is 5.29. The molecule has 18 heavy (non-hydrogen) atoms. The van der Waals surface area contributed by atoms with Crippen LogP contribution in [0.3, 0.4) is 0 Å². The third-order valence-electron chi connectivity index (χ3n) is 3.38. The van der Waals surface area contributed by atoms with E-state index in [2.05, 4.69) is 6.92 Å². The number of amides is 1. The lowest BCUT2D eigenvalue weighted by Gasteiger charge is -2.31. The van der Waals surface area contributed by atoms with E-state index in [4.69, 9.17) is 9.47 Å². The largest absolute Gasteiger partial charge is 0.485 e. The molecule has 2 unspecified atom stereocenters. The molecule has 0 aliphatic carbocycles. The van der Waals surface area contributed by atoms with E-state index in [-0.39, 0.29) is 18.6 Å². The summed E-state index contributed by atoms with van der Waals surface area (Å²) in [7, 11) is 1.81. The van der Waals surface area contributed by atoms with E-state index in [1.165, 1.54) is 0 Å². The summed E-state index contributed by atoms with van der Waals surface area (Å²) in [6.07, 6.45) is 0.380. The zero-order valence-corrected chi connectivity index (χ0v) is 11.1. The molecule has 1 heterocycles. The van der Waals surface area contributed by atoms with E-state index >= 15 is 0 Å². The van der Waals surface area contributed by atoms with E-state index < -0.39 is 6.10 Å². The number of carbonyl (C=O) groups excluding carboxylic acids is 1. The standard InChI is InChI=1S/C14H19NO3/c1-4-10(2)15(3)14(16)13-9-17-11-7-5-6-8-12(11)18-13/h5-8,10,13H,4,9H2,1-3H3. The fraction of sp³-hybridized carbons (Fsp3) is 0.500. The molecule has 4 heteroatoms. The average molecular weight is 249 g/mol. The van der Waals surface area contributed by atoms with Crippen molar-refractivity contribution in [1.29, 1.82) is 0 Å². The lowest BCUT2D eigenvalue weighted by Crippen LogP contribution is -2.47. The Morgan fingerprint density at radius 3 is 2.78 bits per heavy atom. The Bertz CT molecular complexity index is 433. The topological polar surface area (TPSA) is 38.8 Å². The van der Waals surface area contributed by atoms with E-state index in [1.54, 1.807) is 11.9 Å². The number of likely N-dealkylation sites (N-methyl/N-ethyl adjacent to an activating group) is 1. The van der Waals surface area contributed by atoms with E-state index in [0.717, 1.165) is 6.42 Å². The second-order valence-corrected chi connectivity index (χ2v) is 4.57. The molecule has 1 aromatic rings. The Hall–Kier alpha value is -1.71. The minimum Gasteiger partial charge on any atom is -0.485 e. The van der Waals surface area contributed by atoms with Gasteiger partial charge in [0, 0.05) is 13.1 Å². The maximum atomic E-state index is 12.2. The lowest BCUT2D eigenvalue weighted by atomic mass is 10.2. The van der Waals surface area contributed by atoms with Crippen molar-refractivity contribution < 1.29 is 14.3 Å². The molecule has 0 N–H and O–H groups in total. The Balaban J connectivity index is 2.07. The molecule has 0 saturated carbocycles. The first-order valence-electron chi connectivity index (χ1n) is 6.28. The van der Waals surface area contributed by atoms with Gasteiger partial charge in [-0.3, -0.25) is 4.79 Å². The van der Waals surface area contributed by atoms with Crippen molar-refractivity contribution in [3.63, 3.8) is 0 Å². The van der Waals surface area contributed by atoms with Gasteiger partial charge in [0.15, 0.2) is 11.5 Å². The van der Waals surface area contributed by atoms with Crippen LogP contribution >= 0.6 is 0 Å². The first-order chi connectivity index (χ1) is 8.63. The second-order valence-electron chi connectivity index (χ2n) is 4.57. The molecule has 0 spiro atoms. The quantitative estimate of drug-likeness (QED) is 0.823. The van der Waals surface area contributed by atoms with Crippen LogP contribution in [0.2, 0.25) is 0 Å². The van der Waals surface area contributed by atoms with Crippen LogP contribution in [0.4, 0.5) is 0 Å². The highest BCUT2D eigenvalue weighted by Crippen LogP contribution is 2.31. The van der Waals surface area contributed by atoms with Gasteiger partial charge in [0.05, 0.1) is 0 Å². The van der Waals surface area contributed by atoms with Gasteiger partial charge in [0.1, 0.15) is 6.61 Å². The molecule has 98 valence electrons. The number of hydrogen-bond donors (Lipinski definition) is 0. The van der Waals surface area contributed by atoms with Crippen molar-refractivity contribution in [3.05, 3.63) is 24.3 Å². The third-order valence-corrected chi connectivity index (χ3v) is 3.38. The van der Waals surface area contributed by atoms with Gasteiger partial charge in [-0.25, -0.2) is 0 Å².